The van der Waals surface area contributed by atoms with Crippen molar-refractivity contribution in [3.8, 4) is 0 Å². The molecule has 0 aliphatic heterocycles. The minimum Gasteiger partial charge on any atom is -0.324 e. The zero-order valence-corrected chi connectivity index (χ0v) is 11.0. The second-order valence-corrected chi connectivity index (χ2v) is 5.29. The van der Waals surface area contributed by atoms with Crippen molar-refractivity contribution in [1.29, 1.82) is 0 Å². The summed E-state index contributed by atoms with van der Waals surface area (Å²) < 4.78 is 0.802. The van der Waals surface area contributed by atoms with E-state index in [-0.39, 0.29) is 11.3 Å². The number of rotatable bonds is 1. The van der Waals surface area contributed by atoms with Crippen molar-refractivity contribution >= 4 is 27.5 Å². The Bertz CT molecular complexity index is 383. The fourth-order valence-electron chi connectivity index (χ4n) is 0.945. The summed E-state index contributed by atoms with van der Waals surface area (Å²) in [4.78, 5) is 15.8. The van der Waals surface area contributed by atoms with Gasteiger partial charge in [-0.15, -0.1) is 0 Å². The first-order chi connectivity index (χ1) is 6.80. The Kier molecular flexibility index (Phi) is 3.50. The smallest absolute Gasteiger partial charge is 0.229 e. The Morgan fingerprint density at radius 1 is 1.47 bits per heavy atom. The molecule has 3 nitrogen and oxygen atoms in total. The molecule has 0 saturated carbocycles. The Morgan fingerprint density at radius 2 is 2.07 bits per heavy atom. The van der Waals surface area contributed by atoms with Crippen LogP contribution >= 0.6 is 15.9 Å². The minimum absolute atomic E-state index is 0.00831. The van der Waals surface area contributed by atoms with E-state index >= 15 is 0 Å². The van der Waals surface area contributed by atoms with E-state index in [1.807, 2.05) is 33.8 Å². The van der Waals surface area contributed by atoms with Crippen LogP contribution < -0.4 is 5.32 Å². The maximum atomic E-state index is 11.7. The van der Waals surface area contributed by atoms with E-state index in [0.717, 1.165) is 15.9 Å². The maximum Gasteiger partial charge on any atom is 0.229 e. The molecule has 0 fully saturated rings. The summed E-state index contributed by atoms with van der Waals surface area (Å²) in [5.41, 5.74) is 1.35. The van der Waals surface area contributed by atoms with Crippen molar-refractivity contribution in [2.45, 2.75) is 27.7 Å². The summed E-state index contributed by atoms with van der Waals surface area (Å²) in [6.45, 7) is 7.56. The summed E-state index contributed by atoms with van der Waals surface area (Å²) >= 11 is 3.31. The fraction of sp³-hybridized carbons (Fsp3) is 0.455. The van der Waals surface area contributed by atoms with E-state index in [9.17, 15) is 4.79 Å². The molecular weight excluding hydrogens is 256 g/mol. The van der Waals surface area contributed by atoms with Gasteiger partial charge in [0.05, 0.1) is 11.9 Å². The van der Waals surface area contributed by atoms with Gasteiger partial charge < -0.3 is 5.32 Å². The number of nitrogens with one attached hydrogen (secondary N) is 1. The largest absolute Gasteiger partial charge is 0.324 e. The lowest BCUT2D eigenvalue weighted by Crippen LogP contribution is -2.27. The second-order valence-electron chi connectivity index (χ2n) is 4.54. The molecule has 0 spiro atoms. The number of anilines is 1. The molecule has 0 radical (unpaired) electrons. The number of hydrogen-bond acceptors (Lipinski definition) is 2. The Morgan fingerprint density at radius 3 is 2.53 bits per heavy atom. The molecule has 0 bridgehead atoms. The first-order valence-electron chi connectivity index (χ1n) is 4.74. The number of aromatic nitrogens is 1. The number of nitrogens with zero attached hydrogens (tertiary/aromatic N) is 1. The van der Waals surface area contributed by atoms with Crippen molar-refractivity contribution in [2.75, 3.05) is 5.32 Å². The van der Waals surface area contributed by atoms with Crippen LogP contribution in [0.4, 0.5) is 5.69 Å². The lowest BCUT2D eigenvalue weighted by molar-refractivity contribution is -0.123. The third-order valence-corrected chi connectivity index (χ3v) is 2.78. The summed E-state index contributed by atoms with van der Waals surface area (Å²) in [6.07, 6.45) is 1.64. The molecule has 1 heterocycles. The molecule has 1 aromatic rings. The predicted molar refractivity (Wildman–Crippen MR) is 64.8 cm³/mol. The number of aryl methyl sites for hydroxylation is 1. The fourth-order valence-corrected chi connectivity index (χ4v) is 1.16. The van der Waals surface area contributed by atoms with Crippen molar-refractivity contribution in [1.82, 2.24) is 4.98 Å². The quantitative estimate of drug-likeness (QED) is 0.797. The number of amides is 1. The maximum absolute atomic E-state index is 11.7. The number of carbonyl (C=O) groups excluding carboxylic acids is 1. The first kappa shape index (κ1) is 12.2. The average Bonchev–Trinajstić information content (AvgIpc) is 2.10. The Hall–Kier alpha value is -0.900. The highest BCUT2D eigenvalue weighted by Crippen LogP contribution is 2.20. The van der Waals surface area contributed by atoms with Crippen molar-refractivity contribution in [3.63, 3.8) is 0 Å². The molecule has 0 aromatic carbocycles. The van der Waals surface area contributed by atoms with Gasteiger partial charge in [0.1, 0.15) is 4.60 Å². The highest BCUT2D eigenvalue weighted by Gasteiger charge is 2.21. The molecule has 1 aromatic heterocycles. The number of halogens is 1. The van der Waals surface area contributed by atoms with Crippen LogP contribution in [0.1, 0.15) is 26.3 Å². The van der Waals surface area contributed by atoms with Gasteiger partial charge >= 0.3 is 0 Å². The van der Waals surface area contributed by atoms with E-state index in [4.69, 9.17) is 0 Å². The van der Waals surface area contributed by atoms with Gasteiger partial charge in [0.2, 0.25) is 5.91 Å². The van der Waals surface area contributed by atoms with Crippen molar-refractivity contribution in [3.05, 3.63) is 22.4 Å². The van der Waals surface area contributed by atoms with E-state index < -0.39 is 0 Å². The predicted octanol–water partition coefficient (Wildman–Crippen LogP) is 3.14. The Labute approximate surface area is 98.4 Å². The molecule has 1 amide bonds. The second kappa shape index (κ2) is 4.31. The molecule has 0 aliphatic rings. The number of pyridine rings is 1. The van der Waals surface area contributed by atoms with Gasteiger partial charge in [-0.25, -0.2) is 4.98 Å². The molecule has 15 heavy (non-hydrogen) atoms. The standard InChI is InChI=1S/C11H15BrN2O/c1-7-5-8(6-13-9(7)12)14-10(15)11(2,3)4/h5-6H,1-4H3,(H,14,15). The molecule has 1 N–H and O–H groups in total. The molecule has 82 valence electrons. The molecular formula is C11H15BrN2O. The van der Waals surface area contributed by atoms with Gasteiger partial charge in [-0.2, -0.15) is 0 Å². The highest BCUT2D eigenvalue weighted by molar-refractivity contribution is 9.10. The molecule has 0 unspecified atom stereocenters. The van der Waals surface area contributed by atoms with Gasteiger partial charge in [-0.3, -0.25) is 4.79 Å². The van der Waals surface area contributed by atoms with Crippen molar-refractivity contribution in [2.24, 2.45) is 5.41 Å². The summed E-state index contributed by atoms with van der Waals surface area (Å²) in [5.74, 6) is -0.00831. The van der Waals surface area contributed by atoms with E-state index in [1.165, 1.54) is 0 Å². The molecule has 4 heteroatoms. The van der Waals surface area contributed by atoms with Crippen LogP contribution in [0.2, 0.25) is 0 Å². The number of carbonyl (C=O) groups is 1. The summed E-state index contributed by atoms with van der Waals surface area (Å²) in [7, 11) is 0. The van der Waals surface area contributed by atoms with Crippen LogP contribution in [0.5, 0.6) is 0 Å². The van der Waals surface area contributed by atoms with Crippen LogP contribution in [-0.4, -0.2) is 10.9 Å². The minimum atomic E-state index is -0.388. The van der Waals surface area contributed by atoms with E-state index in [1.54, 1.807) is 6.20 Å². The Balaban J connectivity index is 2.83. The summed E-state index contributed by atoms with van der Waals surface area (Å²) in [6, 6.07) is 1.89. The SMILES string of the molecule is Cc1cc(NC(=O)C(C)(C)C)cnc1Br. The molecule has 0 atom stereocenters. The van der Waals surface area contributed by atoms with Crippen LogP contribution in [-0.2, 0) is 4.79 Å². The van der Waals surface area contributed by atoms with Crippen LogP contribution in [0.15, 0.2) is 16.9 Å². The third-order valence-electron chi connectivity index (χ3n) is 1.95. The van der Waals surface area contributed by atoms with Crippen LogP contribution in [0.25, 0.3) is 0 Å². The lowest BCUT2D eigenvalue weighted by atomic mass is 9.95. The zero-order valence-electron chi connectivity index (χ0n) is 9.39. The lowest BCUT2D eigenvalue weighted by Gasteiger charge is -2.17. The monoisotopic (exact) mass is 270 g/mol. The van der Waals surface area contributed by atoms with E-state index in [2.05, 4.69) is 26.2 Å². The average molecular weight is 271 g/mol. The van der Waals surface area contributed by atoms with Gasteiger partial charge in [-0.05, 0) is 34.5 Å². The molecule has 0 saturated heterocycles. The van der Waals surface area contributed by atoms with Crippen molar-refractivity contribution < 1.29 is 4.79 Å². The van der Waals surface area contributed by atoms with Crippen LogP contribution in [0.3, 0.4) is 0 Å². The molecule has 0 aliphatic carbocycles. The topological polar surface area (TPSA) is 42.0 Å². The van der Waals surface area contributed by atoms with Crippen LogP contribution in [0, 0.1) is 12.3 Å². The first-order valence-corrected chi connectivity index (χ1v) is 5.53. The third kappa shape index (κ3) is 3.30. The molecule has 1 rings (SSSR count). The van der Waals surface area contributed by atoms with E-state index in [0.29, 0.717) is 0 Å². The van der Waals surface area contributed by atoms with Gasteiger partial charge in [0, 0.05) is 5.41 Å². The zero-order chi connectivity index (χ0) is 11.6. The summed E-state index contributed by atoms with van der Waals surface area (Å²) in [5, 5.41) is 2.83. The number of hydrogen-bond donors (Lipinski definition) is 1. The normalized spacial score (nSPS) is 11.3. The van der Waals surface area contributed by atoms with Gasteiger partial charge in [0.15, 0.2) is 0 Å². The van der Waals surface area contributed by atoms with Gasteiger partial charge in [-0.1, -0.05) is 20.8 Å². The highest BCUT2D eigenvalue weighted by atomic mass is 79.9. The van der Waals surface area contributed by atoms with Gasteiger partial charge in [0.25, 0.3) is 0 Å².